The molecule has 0 amide bonds. The fraction of sp³-hybridized carbons (Fsp3) is 0.400. The second-order valence-electron chi connectivity index (χ2n) is 3.82. The fourth-order valence-electron chi connectivity index (χ4n) is 0.867. The van der Waals surface area contributed by atoms with Gasteiger partial charge in [-0.25, -0.2) is 0 Å². The summed E-state index contributed by atoms with van der Waals surface area (Å²) in [7, 11) is 0. The third-order valence-corrected chi connectivity index (χ3v) is 1.34. The highest BCUT2D eigenvalue weighted by Crippen LogP contribution is 2.13. The van der Waals surface area contributed by atoms with E-state index in [0.717, 1.165) is 10.6 Å². The van der Waals surface area contributed by atoms with Gasteiger partial charge in [0.25, 0.3) is 0 Å². The van der Waals surface area contributed by atoms with Crippen LogP contribution in [0.5, 0.6) is 0 Å². The molecule has 0 atom stereocenters. The van der Waals surface area contributed by atoms with Gasteiger partial charge in [0.1, 0.15) is 5.42 Å². The summed E-state index contributed by atoms with van der Waals surface area (Å²) in [5.41, 5.74) is 1.04. The molecule has 0 spiro atoms. The molecule has 0 saturated heterocycles. The molecule has 0 aromatic carbocycles. The van der Waals surface area contributed by atoms with E-state index < -0.39 is 0 Å². The molecule has 1 aromatic rings. The molecule has 0 unspecified atom stereocenters. The summed E-state index contributed by atoms with van der Waals surface area (Å²) in [4.78, 5) is 0. The third kappa shape index (κ3) is 2.26. The van der Waals surface area contributed by atoms with Gasteiger partial charge in [0.2, 0.25) is 0 Å². The largest absolute Gasteiger partial charge is 0.465 e. The van der Waals surface area contributed by atoms with Crippen molar-refractivity contribution < 1.29 is 4.42 Å². The van der Waals surface area contributed by atoms with E-state index in [1.54, 1.807) is 6.26 Å². The lowest BCUT2D eigenvalue weighted by atomic mass is 9.96. The van der Waals surface area contributed by atoms with E-state index in [9.17, 15) is 0 Å². The van der Waals surface area contributed by atoms with Gasteiger partial charge in [-0.1, -0.05) is 27.4 Å². The maximum Gasteiger partial charge on any atom is 0.129 e. The molecule has 0 fully saturated rings. The molecule has 0 radical (unpaired) electrons. The van der Waals surface area contributed by atoms with Gasteiger partial charge in [0.15, 0.2) is 0 Å². The van der Waals surface area contributed by atoms with Crippen molar-refractivity contribution in [2.75, 3.05) is 0 Å². The van der Waals surface area contributed by atoms with Crippen LogP contribution in [0.25, 0.3) is 12.7 Å². The van der Waals surface area contributed by atoms with Crippen molar-refractivity contribution in [1.82, 2.24) is 0 Å². The molecule has 0 aliphatic carbocycles. The van der Waals surface area contributed by atoms with Gasteiger partial charge in [0.05, 0.1) is 6.26 Å². The lowest BCUT2D eigenvalue weighted by Crippen LogP contribution is -2.20. The third-order valence-electron chi connectivity index (χ3n) is 1.34. The molecule has 60 valence electrons. The zero-order chi connectivity index (χ0) is 8.48. The van der Waals surface area contributed by atoms with E-state index in [-0.39, 0.29) is 5.41 Å². The van der Waals surface area contributed by atoms with Crippen molar-refractivity contribution in [3.8, 4) is 0 Å². The van der Waals surface area contributed by atoms with E-state index in [1.807, 2.05) is 6.07 Å². The summed E-state index contributed by atoms with van der Waals surface area (Å²) in [6, 6.07) is 1.87. The first-order chi connectivity index (χ1) is 4.99. The normalized spacial score (nSPS) is 13.9. The van der Waals surface area contributed by atoms with Crippen molar-refractivity contribution >= 4 is 12.7 Å². The van der Waals surface area contributed by atoms with E-state index in [0.29, 0.717) is 0 Å². The standard InChI is InChI=1S/C10H14O/c1-8-5-6-11-9(8)7-10(2,3)4/h5-7H,1H2,2-4H3/b9-7+. The Morgan fingerprint density at radius 1 is 1.45 bits per heavy atom. The molecular weight excluding hydrogens is 136 g/mol. The summed E-state index contributed by atoms with van der Waals surface area (Å²) < 4.78 is 5.22. The van der Waals surface area contributed by atoms with Crippen LogP contribution in [-0.4, -0.2) is 0 Å². The summed E-state index contributed by atoms with van der Waals surface area (Å²) >= 11 is 0. The van der Waals surface area contributed by atoms with Crippen LogP contribution in [0.2, 0.25) is 0 Å². The number of rotatable bonds is 0. The van der Waals surface area contributed by atoms with Crippen molar-refractivity contribution in [3.63, 3.8) is 0 Å². The summed E-state index contributed by atoms with van der Waals surface area (Å²) in [5.74, 6) is 0. The van der Waals surface area contributed by atoms with Gasteiger partial charge < -0.3 is 4.42 Å². The van der Waals surface area contributed by atoms with Crippen molar-refractivity contribution in [3.05, 3.63) is 23.0 Å². The van der Waals surface area contributed by atoms with E-state index in [4.69, 9.17) is 4.42 Å². The minimum absolute atomic E-state index is 0.157. The lowest BCUT2D eigenvalue weighted by Gasteiger charge is -2.09. The Bertz CT molecular complexity index is 324. The molecule has 1 heterocycles. The highest BCUT2D eigenvalue weighted by atomic mass is 16.3. The van der Waals surface area contributed by atoms with E-state index in [1.165, 1.54) is 0 Å². The maximum absolute atomic E-state index is 5.22. The second-order valence-corrected chi connectivity index (χ2v) is 3.82. The Balaban J connectivity index is 3.21. The Kier molecular flexibility index (Phi) is 1.90. The zero-order valence-electron chi connectivity index (χ0n) is 7.35. The van der Waals surface area contributed by atoms with Crippen LogP contribution < -0.4 is 10.6 Å². The Labute approximate surface area is 67.0 Å². The molecule has 1 heteroatoms. The smallest absolute Gasteiger partial charge is 0.129 e. The number of hydrogen-bond donors (Lipinski definition) is 0. The minimum atomic E-state index is 0.157. The van der Waals surface area contributed by atoms with Crippen molar-refractivity contribution in [1.29, 1.82) is 0 Å². The van der Waals surface area contributed by atoms with Gasteiger partial charge in [-0.15, -0.1) is 0 Å². The molecule has 0 bridgehead atoms. The van der Waals surface area contributed by atoms with Crippen LogP contribution in [0.15, 0.2) is 16.7 Å². The van der Waals surface area contributed by atoms with Crippen LogP contribution in [0.1, 0.15) is 20.8 Å². The van der Waals surface area contributed by atoms with Crippen LogP contribution in [0, 0.1) is 5.41 Å². The average molecular weight is 150 g/mol. The van der Waals surface area contributed by atoms with Gasteiger partial charge in [-0.2, -0.15) is 0 Å². The van der Waals surface area contributed by atoms with Crippen molar-refractivity contribution in [2.24, 2.45) is 5.41 Å². The highest BCUT2D eigenvalue weighted by molar-refractivity contribution is 5.26. The lowest BCUT2D eigenvalue weighted by molar-refractivity contribution is 0.508. The molecule has 1 aromatic heterocycles. The molecule has 0 aliphatic heterocycles. The predicted molar refractivity (Wildman–Crippen MR) is 47.4 cm³/mol. The minimum Gasteiger partial charge on any atom is -0.465 e. The molecule has 1 nitrogen and oxygen atoms in total. The quantitative estimate of drug-likeness (QED) is 0.546. The van der Waals surface area contributed by atoms with Gasteiger partial charge in [-0.3, -0.25) is 0 Å². The second kappa shape index (κ2) is 2.57. The average Bonchev–Trinajstić information content (AvgIpc) is 2.12. The monoisotopic (exact) mass is 150 g/mol. The molecular formula is C10H14O. The Morgan fingerprint density at radius 2 is 2.09 bits per heavy atom. The molecule has 1 rings (SSSR count). The van der Waals surface area contributed by atoms with Crippen LogP contribution >= 0.6 is 0 Å². The topological polar surface area (TPSA) is 13.1 Å². The molecule has 0 aliphatic rings. The van der Waals surface area contributed by atoms with Crippen molar-refractivity contribution in [2.45, 2.75) is 20.8 Å². The van der Waals surface area contributed by atoms with Gasteiger partial charge in [0, 0.05) is 5.22 Å². The Morgan fingerprint density at radius 3 is 2.45 bits per heavy atom. The fourth-order valence-corrected chi connectivity index (χ4v) is 0.867. The predicted octanol–water partition coefficient (Wildman–Crippen LogP) is 1.52. The van der Waals surface area contributed by atoms with Gasteiger partial charge >= 0.3 is 0 Å². The van der Waals surface area contributed by atoms with Gasteiger partial charge in [-0.05, 0) is 17.6 Å². The van der Waals surface area contributed by atoms with E-state index >= 15 is 0 Å². The first-order valence-electron chi connectivity index (χ1n) is 3.74. The molecule has 0 saturated carbocycles. The number of furan rings is 1. The Hall–Kier alpha value is -0.980. The molecule has 0 N–H and O–H groups in total. The first-order valence-corrected chi connectivity index (χ1v) is 3.74. The number of hydrogen-bond acceptors (Lipinski definition) is 1. The maximum atomic E-state index is 5.22. The zero-order valence-corrected chi connectivity index (χ0v) is 7.35. The molecule has 11 heavy (non-hydrogen) atoms. The van der Waals surface area contributed by atoms with Crippen LogP contribution in [0.4, 0.5) is 0 Å². The van der Waals surface area contributed by atoms with E-state index in [2.05, 4.69) is 33.4 Å². The highest BCUT2D eigenvalue weighted by Gasteiger charge is 2.05. The summed E-state index contributed by atoms with van der Waals surface area (Å²) in [6.07, 6.45) is 3.75. The van der Waals surface area contributed by atoms with Crippen LogP contribution in [0.3, 0.4) is 0 Å². The SMILES string of the molecule is C=c1cco/c1=C/C(C)(C)C. The first kappa shape index (κ1) is 8.12. The summed E-state index contributed by atoms with van der Waals surface area (Å²) in [5, 5.41) is 0.958. The summed E-state index contributed by atoms with van der Waals surface area (Å²) in [6.45, 7) is 10.2. The van der Waals surface area contributed by atoms with Crippen LogP contribution in [-0.2, 0) is 0 Å².